The number of hydrogen-bond acceptors (Lipinski definition) is 6. The summed E-state index contributed by atoms with van der Waals surface area (Å²) in [6, 6.07) is 3.50. The van der Waals surface area contributed by atoms with E-state index in [1.807, 2.05) is 0 Å². The van der Waals surface area contributed by atoms with Gasteiger partial charge in [-0.05, 0) is 18.6 Å². The highest BCUT2D eigenvalue weighted by atomic mass is 16.5. The summed E-state index contributed by atoms with van der Waals surface area (Å²) in [4.78, 5) is 18.7. The van der Waals surface area contributed by atoms with Crippen LogP contribution in [0, 0.1) is 0 Å². The highest BCUT2D eigenvalue weighted by Gasteiger charge is 2.10. The number of morpholine rings is 1. The third kappa shape index (κ3) is 6.52. The van der Waals surface area contributed by atoms with Gasteiger partial charge in [-0.15, -0.1) is 0 Å². The van der Waals surface area contributed by atoms with Crippen molar-refractivity contribution >= 4 is 11.7 Å². The second-order valence-electron chi connectivity index (χ2n) is 5.41. The Kier molecular flexibility index (Phi) is 7.79. The van der Waals surface area contributed by atoms with Crippen molar-refractivity contribution < 1.29 is 14.3 Å². The molecule has 1 aromatic rings. The van der Waals surface area contributed by atoms with Crippen LogP contribution in [-0.2, 0) is 9.47 Å². The van der Waals surface area contributed by atoms with Crippen molar-refractivity contribution in [3.05, 3.63) is 23.9 Å². The van der Waals surface area contributed by atoms with Crippen LogP contribution in [0.1, 0.15) is 16.8 Å². The molecule has 1 aromatic heterocycles. The number of carbonyl (C=O) groups excluding carboxylic acids is 1. The first kappa shape index (κ1) is 17.7. The number of pyridine rings is 1. The molecule has 1 amide bonds. The Balaban J connectivity index is 1.73. The van der Waals surface area contributed by atoms with Crippen LogP contribution in [0.15, 0.2) is 18.3 Å². The van der Waals surface area contributed by atoms with Crippen molar-refractivity contribution in [2.24, 2.45) is 0 Å². The van der Waals surface area contributed by atoms with E-state index in [4.69, 9.17) is 9.47 Å². The molecule has 0 unspecified atom stereocenters. The van der Waals surface area contributed by atoms with Crippen molar-refractivity contribution in [2.75, 3.05) is 65.0 Å². The number of rotatable bonds is 9. The average Bonchev–Trinajstić information content (AvgIpc) is 2.60. The second-order valence-corrected chi connectivity index (χ2v) is 5.41. The Labute approximate surface area is 137 Å². The SMILES string of the molecule is COCCCNC(=O)c1ccnc(NCCN2CCOCC2)c1. The maximum Gasteiger partial charge on any atom is 0.251 e. The topological polar surface area (TPSA) is 75.7 Å². The predicted octanol–water partition coefficient (Wildman–Crippen LogP) is 0.592. The van der Waals surface area contributed by atoms with Gasteiger partial charge in [0.2, 0.25) is 0 Å². The first-order valence-electron chi connectivity index (χ1n) is 8.07. The van der Waals surface area contributed by atoms with Crippen molar-refractivity contribution in [3.8, 4) is 0 Å². The van der Waals surface area contributed by atoms with E-state index in [-0.39, 0.29) is 5.91 Å². The Hall–Kier alpha value is -1.70. The summed E-state index contributed by atoms with van der Waals surface area (Å²) in [6.45, 7) is 6.54. The lowest BCUT2D eigenvalue weighted by Gasteiger charge is -2.26. The van der Waals surface area contributed by atoms with Crippen LogP contribution in [0.4, 0.5) is 5.82 Å². The van der Waals surface area contributed by atoms with E-state index in [0.29, 0.717) is 18.7 Å². The number of nitrogens with one attached hydrogen (secondary N) is 2. The van der Waals surface area contributed by atoms with Crippen LogP contribution in [-0.4, -0.2) is 75.4 Å². The largest absolute Gasteiger partial charge is 0.385 e. The third-order valence-corrected chi connectivity index (χ3v) is 3.67. The number of anilines is 1. The molecule has 2 heterocycles. The molecule has 1 fully saturated rings. The van der Waals surface area contributed by atoms with E-state index < -0.39 is 0 Å². The van der Waals surface area contributed by atoms with Crippen LogP contribution < -0.4 is 10.6 Å². The monoisotopic (exact) mass is 322 g/mol. The lowest BCUT2D eigenvalue weighted by molar-refractivity contribution is 0.0398. The van der Waals surface area contributed by atoms with E-state index in [1.165, 1.54) is 0 Å². The second kappa shape index (κ2) is 10.1. The van der Waals surface area contributed by atoms with Gasteiger partial charge in [-0.2, -0.15) is 0 Å². The highest BCUT2D eigenvalue weighted by molar-refractivity contribution is 5.94. The summed E-state index contributed by atoms with van der Waals surface area (Å²) in [5, 5.41) is 6.14. The van der Waals surface area contributed by atoms with Gasteiger partial charge >= 0.3 is 0 Å². The molecule has 1 aliphatic rings. The average molecular weight is 322 g/mol. The fourth-order valence-electron chi connectivity index (χ4n) is 2.36. The molecule has 2 N–H and O–H groups in total. The van der Waals surface area contributed by atoms with Crippen molar-refractivity contribution in [2.45, 2.75) is 6.42 Å². The molecule has 0 bridgehead atoms. The van der Waals surface area contributed by atoms with Crippen molar-refractivity contribution in [1.29, 1.82) is 0 Å². The van der Waals surface area contributed by atoms with Gasteiger partial charge in [0.05, 0.1) is 13.2 Å². The third-order valence-electron chi connectivity index (χ3n) is 3.67. The molecule has 128 valence electrons. The molecule has 0 atom stereocenters. The summed E-state index contributed by atoms with van der Waals surface area (Å²) in [5.74, 6) is 0.641. The van der Waals surface area contributed by atoms with Crippen molar-refractivity contribution in [3.63, 3.8) is 0 Å². The minimum Gasteiger partial charge on any atom is -0.385 e. The Bertz CT molecular complexity index is 478. The lowest BCUT2D eigenvalue weighted by Crippen LogP contribution is -2.39. The normalized spacial score (nSPS) is 15.3. The summed E-state index contributed by atoms with van der Waals surface area (Å²) in [6.07, 6.45) is 2.46. The number of amides is 1. The Morgan fingerprint density at radius 2 is 2.22 bits per heavy atom. The quantitative estimate of drug-likeness (QED) is 0.648. The van der Waals surface area contributed by atoms with E-state index in [0.717, 1.165) is 51.6 Å². The Morgan fingerprint density at radius 1 is 1.39 bits per heavy atom. The maximum atomic E-state index is 12.1. The number of hydrogen-bond donors (Lipinski definition) is 2. The van der Waals surface area contributed by atoms with Crippen LogP contribution in [0.25, 0.3) is 0 Å². The van der Waals surface area contributed by atoms with Gasteiger partial charge in [0.15, 0.2) is 0 Å². The molecule has 0 spiro atoms. The van der Waals surface area contributed by atoms with Crippen LogP contribution >= 0.6 is 0 Å². The number of aromatic nitrogens is 1. The number of carbonyl (C=O) groups is 1. The fourth-order valence-corrected chi connectivity index (χ4v) is 2.36. The molecule has 0 aliphatic carbocycles. The first-order chi connectivity index (χ1) is 11.3. The zero-order valence-corrected chi connectivity index (χ0v) is 13.7. The van der Waals surface area contributed by atoms with E-state index in [1.54, 1.807) is 25.4 Å². The maximum absolute atomic E-state index is 12.1. The van der Waals surface area contributed by atoms with Gasteiger partial charge in [0.25, 0.3) is 5.91 Å². The van der Waals surface area contributed by atoms with Gasteiger partial charge < -0.3 is 20.1 Å². The summed E-state index contributed by atoms with van der Waals surface area (Å²) < 4.78 is 10.3. The number of methoxy groups -OCH3 is 1. The fraction of sp³-hybridized carbons (Fsp3) is 0.625. The highest BCUT2D eigenvalue weighted by Crippen LogP contribution is 2.07. The van der Waals surface area contributed by atoms with Gasteiger partial charge in [-0.25, -0.2) is 4.98 Å². The number of nitrogens with zero attached hydrogens (tertiary/aromatic N) is 2. The van der Waals surface area contributed by atoms with E-state index >= 15 is 0 Å². The zero-order valence-electron chi connectivity index (χ0n) is 13.7. The molecule has 0 saturated carbocycles. The molecule has 0 aromatic carbocycles. The molecule has 1 saturated heterocycles. The van der Waals surface area contributed by atoms with Crippen LogP contribution in [0.3, 0.4) is 0 Å². The standard InChI is InChI=1S/C16H26N4O3/c1-22-10-2-4-19-16(21)14-3-5-17-15(13-14)18-6-7-20-8-11-23-12-9-20/h3,5,13H,2,4,6-12H2,1H3,(H,17,18)(H,19,21). The lowest BCUT2D eigenvalue weighted by atomic mass is 10.2. The summed E-state index contributed by atoms with van der Waals surface area (Å²) in [5.41, 5.74) is 0.617. The first-order valence-corrected chi connectivity index (χ1v) is 8.07. The Morgan fingerprint density at radius 3 is 3.00 bits per heavy atom. The molecule has 23 heavy (non-hydrogen) atoms. The minimum absolute atomic E-state index is 0.0836. The van der Waals surface area contributed by atoms with Gasteiger partial charge in [-0.1, -0.05) is 0 Å². The molecular formula is C16H26N4O3. The molecule has 7 nitrogen and oxygen atoms in total. The summed E-state index contributed by atoms with van der Waals surface area (Å²) >= 11 is 0. The minimum atomic E-state index is -0.0836. The number of ether oxygens (including phenoxy) is 2. The van der Waals surface area contributed by atoms with Crippen LogP contribution in [0.5, 0.6) is 0 Å². The van der Waals surface area contributed by atoms with Gasteiger partial charge in [0.1, 0.15) is 5.82 Å². The van der Waals surface area contributed by atoms with Gasteiger partial charge in [0, 0.05) is 58.2 Å². The summed E-state index contributed by atoms with van der Waals surface area (Å²) in [7, 11) is 1.65. The van der Waals surface area contributed by atoms with Gasteiger partial charge in [-0.3, -0.25) is 9.69 Å². The van der Waals surface area contributed by atoms with E-state index in [9.17, 15) is 4.79 Å². The molecule has 7 heteroatoms. The smallest absolute Gasteiger partial charge is 0.251 e. The van der Waals surface area contributed by atoms with E-state index in [2.05, 4.69) is 20.5 Å². The predicted molar refractivity (Wildman–Crippen MR) is 88.8 cm³/mol. The zero-order chi connectivity index (χ0) is 16.3. The molecule has 0 radical (unpaired) electrons. The molecule has 2 rings (SSSR count). The van der Waals surface area contributed by atoms with Crippen LogP contribution in [0.2, 0.25) is 0 Å². The molecular weight excluding hydrogens is 296 g/mol. The van der Waals surface area contributed by atoms with Crippen molar-refractivity contribution in [1.82, 2.24) is 15.2 Å². The molecule has 1 aliphatic heterocycles.